The number of methoxy groups -OCH3 is 1. The molecule has 0 saturated heterocycles. The Morgan fingerprint density at radius 2 is 1.81 bits per heavy atom. The van der Waals surface area contributed by atoms with Crippen LogP contribution in [0.15, 0.2) is 29.3 Å². The van der Waals surface area contributed by atoms with E-state index in [4.69, 9.17) is 4.74 Å². The van der Waals surface area contributed by atoms with Gasteiger partial charge in [0.05, 0.1) is 13.7 Å². The highest BCUT2D eigenvalue weighted by Crippen LogP contribution is 2.12. The number of guanidine groups is 1. The third-order valence-electron chi connectivity index (χ3n) is 4.23. The van der Waals surface area contributed by atoms with Crippen molar-refractivity contribution >= 4 is 11.9 Å². The quantitative estimate of drug-likeness (QED) is 0.394. The lowest BCUT2D eigenvalue weighted by Gasteiger charge is -2.25. The number of nitrogens with one attached hydrogen (secondary N) is 1. The topological polar surface area (TPSA) is 57.2 Å². The SMILES string of the molecule is CCNC(=NCCCc1ccc(OC)cc1)N(C)CC(=O)N(CC)CC. The minimum Gasteiger partial charge on any atom is -0.497 e. The number of carbonyl (C=O) groups is 1. The second-order valence-corrected chi connectivity index (χ2v) is 6.11. The molecule has 0 bridgehead atoms. The molecule has 0 fully saturated rings. The average molecular weight is 363 g/mol. The fourth-order valence-corrected chi connectivity index (χ4v) is 2.68. The van der Waals surface area contributed by atoms with Gasteiger partial charge in [0.15, 0.2) is 5.96 Å². The van der Waals surface area contributed by atoms with E-state index in [2.05, 4.69) is 22.4 Å². The predicted molar refractivity (Wildman–Crippen MR) is 108 cm³/mol. The van der Waals surface area contributed by atoms with E-state index in [1.54, 1.807) is 7.11 Å². The summed E-state index contributed by atoms with van der Waals surface area (Å²) in [4.78, 5) is 20.7. The fraction of sp³-hybridized carbons (Fsp3) is 0.600. The van der Waals surface area contributed by atoms with Gasteiger partial charge in [-0.25, -0.2) is 0 Å². The zero-order valence-electron chi connectivity index (χ0n) is 16.9. The van der Waals surface area contributed by atoms with Gasteiger partial charge in [-0.1, -0.05) is 12.1 Å². The van der Waals surface area contributed by atoms with E-state index >= 15 is 0 Å². The fourth-order valence-electron chi connectivity index (χ4n) is 2.68. The highest BCUT2D eigenvalue weighted by Gasteiger charge is 2.14. The number of carbonyl (C=O) groups excluding carboxylic acids is 1. The third-order valence-corrected chi connectivity index (χ3v) is 4.23. The van der Waals surface area contributed by atoms with Crippen LogP contribution in [0.4, 0.5) is 0 Å². The smallest absolute Gasteiger partial charge is 0.242 e. The molecule has 0 atom stereocenters. The molecule has 1 aromatic carbocycles. The van der Waals surface area contributed by atoms with Crippen molar-refractivity contribution in [3.05, 3.63) is 29.8 Å². The van der Waals surface area contributed by atoms with Crippen molar-refractivity contribution in [1.29, 1.82) is 0 Å². The predicted octanol–water partition coefficient (Wildman–Crippen LogP) is 2.39. The van der Waals surface area contributed by atoms with Gasteiger partial charge < -0.3 is 19.9 Å². The molecule has 1 amide bonds. The van der Waals surface area contributed by atoms with Gasteiger partial charge in [-0.2, -0.15) is 0 Å². The summed E-state index contributed by atoms with van der Waals surface area (Å²) in [6, 6.07) is 8.13. The molecule has 0 saturated carbocycles. The maximum atomic E-state index is 12.3. The van der Waals surface area contributed by atoms with Crippen LogP contribution in [0.5, 0.6) is 5.75 Å². The molecule has 26 heavy (non-hydrogen) atoms. The summed E-state index contributed by atoms with van der Waals surface area (Å²) >= 11 is 0. The summed E-state index contributed by atoms with van der Waals surface area (Å²) in [6.45, 7) is 9.34. The van der Waals surface area contributed by atoms with Gasteiger partial charge in [0.1, 0.15) is 5.75 Å². The Labute approximate surface area is 158 Å². The first kappa shape index (κ1) is 21.8. The Morgan fingerprint density at radius 3 is 2.35 bits per heavy atom. The zero-order chi connectivity index (χ0) is 19.4. The first-order chi connectivity index (χ1) is 12.5. The molecule has 0 aliphatic heterocycles. The molecule has 1 N–H and O–H groups in total. The summed E-state index contributed by atoms with van der Waals surface area (Å²) in [6.07, 6.45) is 1.92. The Kier molecular flexibility index (Phi) is 10.2. The van der Waals surface area contributed by atoms with Gasteiger partial charge in [-0.15, -0.1) is 0 Å². The van der Waals surface area contributed by atoms with Crippen molar-refractivity contribution in [3.8, 4) is 5.75 Å². The zero-order valence-corrected chi connectivity index (χ0v) is 16.9. The molecule has 0 aromatic heterocycles. The molecule has 1 aromatic rings. The van der Waals surface area contributed by atoms with Crippen LogP contribution in [-0.4, -0.2) is 68.5 Å². The second-order valence-electron chi connectivity index (χ2n) is 6.11. The van der Waals surface area contributed by atoms with Crippen molar-refractivity contribution in [2.45, 2.75) is 33.6 Å². The highest BCUT2D eigenvalue weighted by molar-refractivity contribution is 5.86. The lowest BCUT2D eigenvalue weighted by Crippen LogP contribution is -2.45. The van der Waals surface area contributed by atoms with E-state index in [-0.39, 0.29) is 5.91 Å². The van der Waals surface area contributed by atoms with Gasteiger partial charge in [0, 0.05) is 33.2 Å². The Bertz CT molecular complexity index is 553. The molecule has 0 heterocycles. The maximum absolute atomic E-state index is 12.3. The van der Waals surface area contributed by atoms with Crippen molar-refractivity contribution in [3.63, 3.8) is 0 Å². The van der Waals surface area contributed by atoms with Gasteiger partial charge in [-0.05, 0) is 51.3 Å². The lowest BCUT2D eigenvalue weighted by atomic mass is 10.1. The number of hydrogen-bond acceptors (Lipinski definition) is 3. The number of aryl methyl sites for hydroxylation is 1. The number of nitrogens with zero attached hydrogens (tertiary/aromatic N) is 3. The van der Waals surface area contributed by atoms with Crippen LogP contribution in [0, 0.1) is 0 Å². The monoisotopic (exact) mass is 362 g/mol. The van der Waals surface area contributed by atoms with Crippen LogP contribution in [0.25, 0.3) is 0 Å². The van der Waals surface area contributed by atoms with E-state index < -0.39 is 0 Å². The number of hydrogen-bond donors (Lipinski definition) is 1. The lowest BCUT2D eigenvalue weighted by molar-refractivity contribution is -0.131. The average Bonchev–Trinajstić information content (AvgIpc) is 2.65. The molecule has 0 aliphatic rings. The number of rotatable bonds is 10. The maximum Gasteiger partial charge on any atom is 0.242 e. The molecular formula is C20H34N4O2. The number of benzene rings is 1. The highest BCUT2D eigenvalue weighted by atomic mass is 16.5. The molecule has 0 radical (unpaired) electrons. The second kappa shape index (κ2) is 12.2. The van der Waals surface area contributed by atoms with Crippen LogP contribution >= 0.6 is 0 Å². The third kappa shape index (κ3) is 7.33. The molecule has 0 spiro atoms. The molecule has 0 aliphatic carbocycles. The van der Waals surface area contributed by atoms with Gasteiger partial charge in [-0.3, -0.25) is 9.79 Å². The molecule has 0 unspecified atom stereocenters. The largest absolute Gasteiger partial charge is 0.497 e. The molecule has 6 heteroatoms. The molecule has 6 nitrogen and oxygen atoms in total. The summed E-state index contributed by atoms with van der Waals surface area (Å²) in [5.74, 6) is 1.78. The van der Waals surface area contributed by atoms with Crippen LogP contribution in [0.3, 0.4) is 0 Å². The molecule has 1 rings (SSSR count). The Hall–Kier alpha value is -2.24. The first-order valence-electron chi connectivity index (χ1n) is 9.45. The minimum absolute atomic E-state index is 0.126. The normalized spacial score (nSPS) is 11.2. The van der Waals surface area contributed by atoms with E-state index in [0.717, 1.165) is 50.7 Å². The van der Waals surface area contributed by atoms with Crippen molar-refractivity contribution in [1.82, 2.24) is 15.1 Å². The van der Waals surface area contributed by atoms with Crippen LogP contribution in [0.2, 0.25) is 0 Å². The molecule has 146 valence electrons. The van der Waals surface area contributed by atoms with Crippen molar-refractivity contribution < 1.29 is 9.53 Å². The number of likely N-dealkylation sites (N-methyl/N-ethyl adjacent to an activating group) is 2. The first-order valence-corrected chi connectivity index (χ1v) is 9.45. The standard InChI is InChI=1S/C20H34N4O2/c1-6-21-20(23(4)16-19(25)24(7-2)8-3)22-15-9-10-17-11-13-18(26-5)14-12-17/h11-14H,6-10,15-16H2,1-5H3,(H,21,22). The van der Waals surface area contributed by atoms with E-state index in [0.29, 0.717) is 6.54 Å². The number of amides is 1. The Balaban J connectivity index is 2.54. The van der Waals surface area contributed by atoms with E-state index in [1.165, 1.54) is 5.56 Å². The van der Waals surface area contributed by atoms with Gasteiger partial charge in [0.25, 0.3) is 0 Å². The summed E-state index contributed by atoms with van der Waals surface area (Å²) in [5.41, 5.74) is 1.27. The van der Waals surface area contributed by atoms with Crippen LogP contribution in [0.1, 0.15) is 32.8 Å². The number of aliphatic imine (C=N–C) groups is 1. The minimum atomic E-state index is 0.126. The van der Waals surface area contributed by atoms with Crippen molar-refractivity contribution in [2.24, 2.45) is 4.99 Å². The number of ether oxygens (including phenoxy) is 1. The molecular weight excluding hydrogens is 328 g/mol. The summed E-state index contributed by atoms with van der Waals surface area (Å²) in [5, 5.41) is 3.27. The van der Waals surface area contributed by atoms with Crippen LogP contribution < -0.4 is 10.1 Å². The van der Waals surface area contributed by atoms with E-state index in [9.17, 15) is 4.79 Å². The Morgan fingerprint density at radius 1 is 1.15 bits per heavy atom. The van der Waals surface area contributed by atoms with Crippen LogP contribution in [-0.2, 0) is 11.2 Å². The summed E-state index contributed by atoms with van der Waals surface area (Å²) in [7, 11) is 3.58. The van der Waals surface area contributed by atoms with Gasteiger partial charge in [0.2, 0.25) is 5.91 Å². The van der Waals surface area contributed by atoms with Gasteiger partial charge >= 0.3 is 0 Å². The van der Waals surface area contributed by atoms with E-state index in [1.807, 2.05) is 49.8 Å². The van der Waals surface area contributed by atoms with Crippen molar-refractivity contribution in [2.75, 3.05) is 46.9 Å². The summed E-state index contributed by atoms with van der Waals surface area (Å²) < 4.78 is 5.18.